The van der Waals surface area contributed by atoms with Crippen molar-refractivity contribution in [2.24, 2.45) is 11.3 Å². The Balaban J connectivity index is 1.51. The number of aromatic nitrogens is 2. The van der Waals surface area contributed by atoms with E-state index in [9.17, 15) is 5.26 Å². The van der Waals surface area contributed by atoms with E-state index in [4.69, 9.17) is 0 Å². The van der Waals surface area contributed by atoms with Gasteiger partial charge in [0.1, 0.15) is 0 Å². The molecule has 0 aliphatic heterocycles. The maximum Gasteiger partial charge on any atom is 0.159 e. The Labute approximate surface area is 202 Å². The molecule has 0 spiro atoms. The minimum absolute atomic E-state index is 0.100. The summed E-state index contributed by atoms with van der Waals surface area (Å²) in [5.74, 6) is 2.02. The summed E-state index contributed by atoms with van der Waals surface area (Å²) >= 11 is 0. The summed E-state index contributed by atoms with van der Waals surface area (Å²) in [4.78, 5) is 9.28. The molecule has 33 heavy (non-hydrogen) atoms. The van der Waals surface area contributed by atoms with Crippen molar-refractivity contribution in [1.29, 1.82) is 5.26 Å². The number of aryl methyl sites for hydroxylation is 1. The van der Waals surface area contributed by atoms with Crippen molar-refractivity contribution < 1.29 is 0 Å². The zero-order chi connectivity index (χ0) is 23.5. The van der Waals surface area contributed by atoms with Crippen LogP contribution >= 0.6 is 0 Å². The fraction of sp³-hybridized carbons (Fsp3) is 0.633. The number of hydrogen-bond donors (Lipinski definition) is 0. The molecule has 3 nitrogen and oxygen atoms in total. The van der Waals surface area contributed by atoms with E-state index in [1.54, 1.807) is 0 Å². The molecular formula is C30H43N3. The predicted molar refractivity (Wildman–Crippen MR) is 138 cm³/mol. The summed E-state index contributed by atoms with van der Waals surface area (Å²) in [6, 6.07) is 11.5. The van der Waals surface area contributed by atoms with Gasteiger partial charge in [-0.3, -0.25) is 0 Å². The van der Waals surface area contributed by atoms with Crippen molar-refractivity contribution in [2.75, 3.05) is 0 Å². The van der Waals surface area contributed by atoms with Gasteiger partial charge in [-0.25, -0.2) is 9.97 Å². The molecule has 1 unspecified atom stereocenters. The van der Waals surface area contributed by atoms with Gasteiger partial charge >= 0.3 is 0 Å². The molecule has 3 rings (SSSR count). The minimum atomic E-state index is -0.100. The first-order valence-corrected chi connectivity index (χ1v) is 13.4. The molecule has 0 radical (unpaired) electrons. The van der Waals surface area contributed by atoms with Crippen LogP contribution in [0.3, 0.4) is 0 Å². The summed E-state index contributed by atoms with van der Waals surface area (Å²) in [6.07, 6.45) is 19.5. The Hall–Kier alpha value is -2.21. The van der Waals surface area contributed by atoms with Gasteiger partial charge < -0.3 is 0 Å². The van der Waals surface area contributed by atoms with Crippen LogP contribution in [-0.4, -0.2) is 9.97 Å². The van der Waals surface area contributed by atoms with Crippen LogP contribution in [0.25, 0.3) is 11.4 Å². The second kappa shape index (κ2) is 12.9. The van der Waals surface area contributed by atoms with Crippen molar-refractivity contribution in [3.8, 4) is 17.5 Å². The van der Waals surface area contributed by atoms with Crippen LogP contribution in [0.15, 0.2) is 36.7 Å². The molecule has 1 aliphatic carbocycles. The second-order valence-electron chi connectivity index (χ2n) is 10.4. The van der Waals surface area contributed by atoms with Crippen molar-refractivity contribution in [1.82, 2.24) is 9.97 Å². The monoisotopic (exact) mass is 445 g/mol. The smallest absolute Gasteiger partial charge is 0.159 e. The van der Waals surface area contributed by atoms with Gasteiger partial charge in [-0.1, -0.05) is 83.6 Å². The number of nitrogens with zero attached hydrogens (tertiary/aromatic N) is 3. The molecule has 0 bridgehead atoms. The quantitative estimate of drug-likeness (QED) is 0.307. The minimum Gasteiger partial charge on any atom is -0.236 e. The second-order valence-corrected chi connectivity index (χ2v) is 10.4. The van der Waals surface area contributed by atoms with Gasteiger partial charge in [-0.05, 0) is 67.9 Å². The molecule has 0 saturated heterocycles. The molecule has 1 atom stereocenters. The fourth-order valence-electron chi connectivity index (χ4n) is 5.32. The van der Waals surface area contributed by atoms with Gasteiger partial charge in [0.15, 0.2) is 5.82 Å². The standard InChI is InChI=1S/C30H43N3/c1-4-6-7-8-9-10-11-25-21-32-29(33-22-25)28-14-12-26(13-15-28)27-16-18-30(23-31,19-17-27)20-24(3)5-2/h12-15,21-22,24,27H,4-11,16-20H2,1-3H3. The van der Waals surface area contributed by atoms with Crippen LogP contribution in [0.1, 0.15) is 115 Å². The van der Waals surface area contributed by atoms with E-state index in [2.05, 4.69) is 61.1 Å². The van der Waals surface area contributed by atoms with E-state index in [1.807, 2.05) is 12.4 Å². The van der Waals surface area contributed by atoms with Gasteiger partial charge in [0.05, 0.1) is 11.5 Å². The summed E-state index contributed by atoms with van der Waals surface area (Å²) in [5.41, 5.74) is 3.63. The Morgan fingerprint density at radius 1 is 0.970 bits per heavy atom. The number of unbranched alkanes of at least 4 members (excludes halogenated alkanes) is 5. The molecule has 0 amide bonds. The summed E-state index contributed by atoms with van der Waals surface area (Å²) in [6.45, 7) is 6.78. The Bertz CT molecular complexity index is 855. The van der Waals surface area contributed by atoms with Gasteiger partial charge in [0.25, 0.3) is 0 Å². The van der Waals surface area contributed by atoms with Gasteiger partial charge in [-0.2, -0.15) is 5.26 Å². The van der Waals surface area contributed by atoms with E-state index in [0.29, 0.717) is 11.8 Å². The largest absolute Gasteiger partial charge is 0.236 e. The highest BCUT2D eigenvalue weighted by atomic mass is 14.9. The zero-order valence-corrected chi connectivity index (χ0v) is 21.2. The molecule has 1 aliphatic rings. The molecule has 1 saturated carbocycles. The normalized spacial score (nSPS) is 21.5. The zero-order valence-electron chi connectivity index (χ0n) is 21.2. The maximum atomic E-state index is 9.85. The van der Waals surface area contributed by atoms with Crippen molar-refractivity contribution in [3.05, 3.63) is 47.8 Å². The third-order valence-corrected chi connectivity index (χ3v) is 7.78. The summed E-state index contributed by atoms with van der Waals surface area (Å²) in [5, 5.41) is 9.85. The topological polar surface area (TPSA) is 49.6 Å². The van der Waals surface area contributed by atoms with E-state index in [0.717, 1.165) is 56.3 Å². The van der Waals surface area contributed by atoms with Crippen LogP contribution in [-0.2, 0) is 6.42 Å². The highest BCUT2D eigenvalue weighted by Gasteiger charge is 2.36. The average Bonchev–Trinajstić information content (AvgIpc) is 2.87. The van der Waals surface area contributed by atoms with Crippen LogP contribution in [0.5, 0.6) is 0 Å². The van der Waals surface area contributed by atoms with Gasteiger partial charge in [0, 0.05) is 18.0 Å². The van der Waals surface area contributed by atoms with Crippen LogP contribution in [0.2, 0.25) is 0 Å². The highest BCUT2D eigenvalue weighted by molar-refractivity contribution is 5.55. The van der Waals surface area contributed by atoms with E-state index in [-0.39, 0.29) is 5.41 Å². The van der Waals surface area contributed by atoms with Crippen molar-refractivity contribution >= 4 is 0 Å². The lowest BCUT2D eigenvalue weighted by Crippen LogP contribution is -2.27. The third kappa shape index (κ3) is 7.39. The molecule has 1 heterocycles. The molecular weight excluding hydrogens is 402 g/mol. The molecule has 1 aromatic carbocycles. The predicted octanol–water partition coefficient (Wildman–Crippen LogP) is 8.65. The molecule has 1 aromatic heterocycles. The first kappa shape index (κ1) is 25.4. The van der Waals surface area contributed by atoms with E-state index < -0.39 is 0 Å². The molecule has 1 fully saturated rings. The van der Waals surface area contributed by atoms with E-state index >= 15 is 0 Å². The van der Waals surface area contributed by atoms with Crippen LogP contribution in [0.4, 0.5) is 0 Å². The number of hydrogen-bond acceptors (Lipinski definition) is 3. The van der Waals surface area contributed by atoms with Crippen LogP contribution in [0, 0.1) is 22.7 Å². The summed E-state index contributed by atoms with van der Waals surface area (Å²) < 4.78 is 0. The Kier molecular flexibility index (Phi) is 9.92. The molecule has 178 valence electrons. The number of rotatable bonds is 12. The van der Waals surface area contributed by atoms with E-state index in [1.165, 1.54) is 49.7 Å². The molecule has 2 aromatic rings. The average molecular weight is 446 g/mol. The molecule has 3 heteroatoms. The summed E-state index contributed by atoms with van der Waals surface area (Å²) in [7, 11) is 0. The lowest BCUT2D eigenvalue weighted by Gasteiger charge is -2.36. The maximum absolute atomic E-state index is 9.85. The Morgan fingerprint density at radius 3 is 2.21 bits per heavy atom. The van der Waals surface area contributed by atoms with Gasteiger partial charge in [0.2, 0.25) is 0 Å². The highest BCUT2D eigenvalue weighted by Crippen LogP contribution is 2.46. The van der Waals surface area contributed by atoms with Crippen molar-refractivity contribution in [2.45, 2.75) is 110 Å². The van der Waals surface area contributed by atoms with Crippen LogP contribution < -0.4 is 0 Å². The fourth-order valence-corrected chi connectivity index (χ4v) is 5.32. The number of nitriles is 1. The first-order valence-electron chi connectivity index (χ1n) is 13.4. The molecule has 0 N–H and O–H groups in total. The van der Waals surface area contributed by atoms with Gasteiger partial charge in [-0.15, -0.1) is 0 Å². The Morgan fingerprint density at radius 2 is 1.61 bits per heavy atom. The number of benzene rings is 1. The lowest BCUT2D eigenvalue weighted by atomic mass is 9.66. The lowest BCUT2D eigenvalue weighted by molar-refractivity contribution is 0.198. The third-order valence-electron chi connectivity index (χ3n) is 7.78. The van der Waals surface area contributed by atoms with Crippen molar-refractivity contribution in [3.63, 3.8) is 0 Å². The first-order chi connectivity index (χ1) is 16.1. The SMILES string of the molecule is CCCCCCCCc1cnc(-c2ccc(C3CCC(C#N)(CC(C)CC)CC3)cc2)nc1.